The second kappa shape index (κ2) is 3.47. The zero-order valence-electron chi connectivity index (χ0n) is 7.77. The van der Waals surface area contributed by atoms with Gasteiger partial charge in [-0.2, -0.15) is 0 Å². The molecule has 0 saturated carbocycles. The van der Waals surface area contributed by atoms with Crippen LogP contribution in [0.2, 0.25) is 0 Å². The first-order chi connectivity index (χ1) is 7.11. The number of fused-ring (bicyclic) bond motifs is 1. The first kappa shape index (κ1) is 9.85. The summed E-state index contributed by atoms with van der Waals surface area (Å²) in [4.78, 5) is 32.9. The van der Waals surface area contributed by atoms with E-state index in [2.05, 4.69) is 15.0 Å². The van der Waals surface area contributed by atoms with Crippen LogP contribution in [0.3, 0.4) is 0 Å². The third-order valence-corrected chi connectivity index (χ3v) is 2.10. The fourth-order valence-electron chi connectivity index (χ4n) is 1.20. The zero-order chi connectivity index (χ0) is 11.0. The Morgan fingerprint density at radius 1 is 1.60 bits per heavy atom. The summed E-state index contributed by atoms with van der Waals surface area (Å²) in [7, 11) is 0. The van der Waals surface area contributed by atoms with E-state index in [0.29, 0.717) is 0 Å². The molecule has 0 saturated heterocycles. The minimum Gasteiger partial charge on any atom is -0.311 e. The minimum absolute atomic E-state index is 0.128. The highest BCUT2D eigenvalue weighted by Gasteiger charge is 2.16. The summed E-state index contributed by atoms with van der Waals surface area (Å²) in [6.45, 7) is 1.54. The van der Waals surface area contributed by atoms with Crippen molar-refractivity contribution in [1.82, 2.24) is 19.5 Å². The molecule has 6 nitrogen and oxygen atoms in total. The average molecular weight is 227 g/mol. The molecule has 0 aliphatic carbocycles. The number of nitrogens with one attached hydrogen (secondary N) is 1. The van der Waals surface area contributed by atoms with E-state index < -0.39 is 5.38 Å². The molecule has 1 atom stereocenters. The SMILES string of the molecule is CC(Cl)C(=O)n1cnc2c(=O)[nH]cnc21. The number of H-pyrrole nitrogens is 1. The van der Waals surface area contributed by atoms with Crippen LogP contribution in [0.15, 0.2) is 17.4 Å². The molecule has 2 rings (SSSR count). The molecule has 15 heavy (non-hydrogen) atoms. The van der Waals surface area contributed by atoms with Gasteiger partial charge in [-0.25, -0.2) is 9.97 Å². The molecule has 0 spiro atoms. The molecule has 0 bridgehead atoms. The number of aromatic amines is 1. The predicted molar refractivity (Wildman–Crippen MR) is 54.1 cm³/mol. The number of hydrogen-bond donors (Lipinski definition) is 1. The van der Waals surface area contributed by atoms with Gasteiger partial charge in [0.15, 0.2) is 11.2 Å². The van der Waals surface area contributed by atoms with E-state index in [9.17, 15) is 9.59 Å². The van der Waals surface area contributed by atoms with Crippen molar-refractivity contribution >= 4 is 28.7 Å². The molecule has 1 N–H and O–H groups in total. The van der Waals surface area contributed by atoms with Gasteiger partial charge >= 0.3 is 0 Å². The second-order valence-electron chi connectivity index (χ2n) is 2.97. The van der Waals surface area contributed by atoms with E-state index in [1.54, 1.807) is 6.92 Å². The highest BCUT2D eigenvalue weighted by Crippen LogP contribution is 2.07. The number of halogens is 1. The molecule has 0 aromatic carbocycles. The number of carbonyl (C=O) groups excluding carboxylic acids is 1. The average Bonchev–Trinajstić information content (AvgIpc) is 2.61. The highest BCUT2D eigenvalue weighted by atomic mass is 35.5. The van der Waals surface area contributed by atoms with Gasteiger partial charge < -0.3 is 4.98 Å². The van der Waals surface area contributed by atoms with Gasteiger partial charge in [-0.1, -0.05) is 0 Å². The van der Waals surface area contributed by atoms with Crippen LogP contribution in [0, 0.1) is 0 Å². The van der Waals surface area contributed by atoms with Crippen LogP contribution in [0.4, 0.5) is 0 Å². The molecule has 0 amide bonds. The van der Waals surface area contributed by atoms with Crippen molar-refractivity contribution in [3.8, 4) is 0 Å². The van der Waals surface area contributed by atoms with Crippen LogP contribution in [0.5, 0.6) is 0 Å². The van der Waals surface area contributed by atoms with E-state index in [1.807, 2.05) is 0 Å². The number of nitrogens with zero attached hydrogens (tertiary/aromatic N) is 3. The maximum absolute atomic E-state index is 11.6. The summed E-state index contributed by atoms with van der Waals surface area (Å²) < 4.78 is 1.17. The predicted octanol–water partition coefficient (Wildman–Crippen LogP) is 0.387. The van der Waals surface area contributed by atoms with Gasteiger partial charge in [0.2, 0.25) is 0 Å². The summed E-state index contributed by atoms with van der Waals surface area (Å²) in [5.74, 6) is -0.364. The Hall–Kier alpha value is -1.69. The molecule has 0 fully saturated rings. The monoisotopic (exact) mass is 226 g/mol. The van der Waals surface area contributed by atoms with Crippen molar-refractivity contribution in [2.45, 2.75) is 12.3 Å². The topological polar surface area (TPSA) is 80.6 Å². The molecule has 78 valence electrons. The van der Waals surface area contributed by atoms with E-state index in [4.69, 9.17) is 11.6 Å². The summed E-state index contributed by atoms with van der Waals surface area (Å²) in [6.07, 6.45) is 2.46. The van der Waals surface area contributed by atoms with Crippen molar-refractivity contribution < 1.29 is 4.79 Å². The van der Waals surface area contributed by atoms with Gasteiger partial charge in [-0.3, -0.25) is 14.2 Å². The van der Waals surface area contributed by atoms with Crippen LogP contribution in [0.1, 0.15) is 11.7 Å². The summed E-state index contributed by atoms with van der Waals surface area (Å²) in [5, 5.41) is -0.691. The Balaban J connectivity index is 2.70. The summed E-state index contributed by atoms with van der Waals surface area (Å²) in [6, 6.07) is 0. The number of imidazole rings is 1. The first-order valence-electron chi connectivity index (χ1n) is 4.20. The largest absolute Gasteiger partial charge is 0.311 e. The molecule has 2 heterocycles. The number of alkyl halides is 1. The van der Waals surface area contributed by atoms with Crippen LogP contribution in [-0.2, 0) is 0 Å². The van der Waals surface area contributed by atoms with E-state index in [1.165, 1.54) is 17.2 Å². The highest BCUT2D eigenvalue weighted by molar-refractivity contribution is 6.31. The normalized spacial score (nSPS) is 12.9. The van der Waals surface area contributed by atoms with Crippen LogP contribution in [-0.4, -0.2) is 30.8 Å². The van der Waals surface area contributed by atoms with Gasteiger partial charge in [0.1, 0.15) is 11.7 Å². The third kappa shape index (κ3) is 1.52. The van der Waals surface area contributed by atoms with Gasteiger partial charge in [0, 0.05) is 0 Å². The lowest BCUT2D eigenvalue weighted by molar-refractivity contribution is 0.0917. The first-order valence-corrected chi connectivity index (χ1v) is 4.64. The quantitative estimate of drug-likeness (QED) is 0.713. The Morgan fingerprint density at radius 3 is 3.00 bits per heavy atom. The molecular weight excluding hydrogens is 220 g/mol. The third-order valence-electron chi connectivity index (χ3n) is 1.92. The van der Waals surface area contributed by atoms with Gasteiger partial charge in [-0.05, 0) is 6.92 Å². The standard InChI is InChI=1S/C8H7ClN4O2/c1-4(9)8(15)13-3-12-5-6(13)10-2-11-7(5)14/h2-4H,1H3,(H,10,11,14). The van der Waals surface area contributed by atoms with Crippen molar-refractivity contribution in [1.29, 1.82) is 0 Å². The molecule has 0 radical (unpaired) electrons. The maximum Gasteiger partial charge on any atom is 0.278 e. The summed E-state index contributed by atoms with van der Waals surface area (Å²) in [5.41, 5.74) is -0.0341. The molecule has 7 heteroatoms. The van der Waals surface area contributed by atoms with Crippen LogP contribution >= 0.6 is 11.6 Å². The Morgan fingerprint density at radius 2 is 2.33 bits per heavy atom. The van der Waals surface area contributed by atoms with Crippen molar-refractivity contribution in [2.75, 3.05) is 0 Å². The smallest absolute Gasteiger partial charge is 0.278 e. The lowest BCUT2D eigenvalue weighted by Gasteiger charge is -2.02. The van der Waals surface area contributed by atoms with Crippen molar-refractivity contribution in [3.05, 3.63) is 23.0 Å². The van der Waals surface area contributed by atoms with E-state index in [-0.39, 0.29) is 22.6 Å². The summed E-state index contributed by atoms with van der Waals surface area (Å²) >= 11 is 5.65. The van der Waals surface area contributed by atoms with Gasteiger partial charge in [-0.15, -0.1) is 11.6 Å². The maximum atomic E-state index is 11.6. The molecule has 0 aliphatic heterocycles. The minimum atomic E-state index is -0.691. The Labute approximate surface area is 88.9 Å². The second-order valence-corrected chi connectivity index (χ2v) is 3.63. The Bertz CT molecular complexity index is 571. The molecule has 2 aromatic rings. The molecule has 2 aromatic heterocycles. The molecular formula is C8H7ClN4O2. The number of aromatic nitrogens is 4. The van der Waals surface area contributed by atoms with E-state index >= 15 is 0 Å². The lowest BCUT2D eigenvalue weighted by Crippen LogP contribution is -2.19. The molecule has 1 unspecified atom stereocenters. The fourth-order valence-corrected chi connectivity index (χ4v) is 1.30. The van der Waals surface area contributed by atoms with Crippen LogP contribution in [0.25, 0.3) is 11.2 Å². The fraction of sp³-hybridized carbons (Fsp3) is 0.250. The Kier molecular flexibility index (Phi) is 2.28. The van der Waals surface area contributed by atoms with E-state index in [0.717, 1.165) is 0 Å². The van der Waals surface area contributed by atoms with Gasteiger partial charge in [0.05, 0.1) is 6.33 Å². The number of hydrogen-bond acceptors (Lipinski definition) is 4. The zero-order valence-corrected chi connectivity index (χ0v) is 8.52. The van der Waals surface area contributed by atoms with Crippen LogP contribution < -0.4 is 5.56 Å². The van der Waals surface area contributed by atoms with Crippen molar-refractivity contribution in [2.24, 2.45) is 0 Å². The number of rotatable bonds is 1. The molecule has 0 aliphatic rings. The lowest BCUT2D eigenvalue weighted by atomic mass is 10.4. The van der Waals surface area contributed by atoms with Crippen molar-refractivity contribution in [3.63, 3.8) is 0 Å². The number of carbonyl (C=O) groups is 1. The van der Waals surface area contributed by atoms with Gasteiger partial charge in [0.25, 0.3) is 11.5 Å².